The van der Waals surface area contributed by atoms with E-state index in [0.29, 0.717) is 17.1 Å². The van der Waals surface area contributed by atoms with E-state index in [2.05, 4.69) is 15.8 Å². The number of nitrogens with one attached hydrogen (secondary N) is 2. The predicted molar refractivity (Wildman–Crippen MR) is 105 cm³/mol. The molecule has 2 aromatic rings. The molecule has 1 unspecified atom stereocenters. The molecular formula is C20H23N3O5. The number of methoxy groups -OCH3 is 2. The molecule has 0 aliphatic rings. The fourth-order valence-electron chi connectivity index (χ4n) is 2.36. The molecule has 8 nitrogen and oxygen atoms in total. The molecule has 2 amide bonds. The highest BCUT2D eigenvalue weighted by molar-refractivity contribution is 5.90. The molecule has 8 heteroatoms. The number of phenols is 1. The molecule has 0 saturated heterocycles. The molecule has 148 valence electrons. The summed E-state index contributed by atoms with van der Waals surface area (Å²) in [7, 11) is 3.01. The van der Waals surface area contributed by atoms with Crippen LogP contribution in [0.25, 0.3) is 0 Å². The van der Waals surface area contributed by atoms with Crippen molar-refractivity contribution in [1.82, 2.24) is 10.7 Å². The summed E-state index contributed by atoms with van der Waals surface area (Å²) in [6.45, 7) is 1.56. The number of amides is 2. The SMILES string of the molecule is COc1ccc(CC(=O)NC(C)C(=O)NN=Cc2cccc(OC)c2O)cc1. The van der Waals surface area contributed by atoms with Crippen LogP contribution in [0.5, 0.6) is 17.2 Å². The van der Waals surface area contributed by atoms with Gasteiger partial charge in [-0.25, -0.2) is 5.43 Å². The molecular weight excluding hydrogens is 362 g/mol. The number of aromatic hydroxyl groups is 1. The summed E-state index contributed by atoms with van der Waals surface area (Å²) in [4.78, 5) is 24.2. The van der Waals surface area contributed by atoms with Crippen molar-refractivity contribution in [1.29, 1.82) is 0 Å². The maximum absolute atomic E-state index is 12.1. The number of phenolic OH excluding ortho intramolecular Hbond substituents is 1. The third kappa shape index (κ3) is 5.73. The molecule has 0 aromatic heterocycles. The van der Waals surface area contributed by atoms with E-state index in [1.807, 2.05) is 0 Å². The molecule has 2 aromatic carbocycles. The lowest BCUT2D eigenvalue weighted by atomic mass is 10.1. The van der Waals surface area contributed by atoms with Crippen molar-refractivity contribution in [3.63, 3.8) is 0 Å². The summed E-state index contributed by atoms with van der Waals surface area (Å²) in [5, 5.41) is 16.4. The minimum absolute atomic E-state index is 0.0798. The number of nitrogens with zero attached hydrogens (tertiary/aromatic N) is 1. The van der Waals surface area contributed by atoms with Gasteiger partial charge in [0.25, 0.3) is 5.91 Å². The zero-order chi connectivity index (χ0) is 20.5. The highest BCUT2D eigenvalue weighted by Gasteiger charge is 2.15. The van der Waals surface area contributed by atoms with Crippen molar-refractivity contribution < 1.29 is 24.2 Å². The fraction of sp³-hybridized carbons (Fsp3) is 0.250. The van der Waals surface area contributed by atoms with E-state index in [1.165, 1.54) is 13.3 Å². The summed E-state index contributed by atoms with van der Waals surface area (Å²) in [5.74, 6) is 0.152. The Hall–Kier alpha value is -3.55. The molecule has 28 heavy (non-hydrogen) atoms. The van der Waals surface area contributed by atoms with Gasteiger partial charge in [-0.15, -0.1) is 0 Å². The van der Waals surface area contributed by atoms with Gasteiger partial charge in [0.15, 0.2) is 11.5 Å². The number of hydrogen-bond acceptors (Lipinski definition) is 6. The smallest absolute Gasteiger partial charge is 0.262 e. The Morgan fingerprint density at radius 1 is 1.14 bits per heavy atom. The van der Waals surface area contributed by atoms with Crippen LogP contribution in [-0.4, -0.2) is 43.4 Å². The third-order valence-corrected chi connectivity index (χ3v) is 3.92. The number of para-hydroxylation sites is 1. The van der Waals surface area contributed by atoms with Crippen molar-refractivity contribution in [3.05, 3.63) is 53.6 Å². The van der Waals surface area contributed by atoms with Crippen LogP contribution in [0.4, 0.5) is 0 Å². The molecule has 0 bridgehead atoms. The van der Waals surface area contributed by atoms with Crippen LogP contribution < -0.4 is 20.2 Å². The third-order valence-electron chi connectivity index (χ3n) is 3.92. The minimum atomic E-state index is -0.776. The molecule has 2 rings (SSSR count). The van der Waals surface area contributed by atoms with Crippen LogP contribution >= 0.6 is 0 Å². The van der Waals surface area contributed by atoms with E-state index in [9.17, 15) is 14.7 Å². The van der Waals surface area contributed by atoms with Crippen molar-refractivity contribution in [2.75, 3.05) is 14.2 Å². The van der Waals surface area contributed by atoms with Gasteiger partial charge in [0.05, 0.1) is 26.9 Å². The van der Waals surface area contributed by atoms with Crippen LogP contribution in [0.15, 0.2) is 47.6 Å². The predicted octanol–water partition coefficient (Wildman–Crippen LogP) is 1.61. The van der Waals surface area contributed by atoms with Gasteiger partial charge in [-0.2, -0.15) is 5.10 Å². The molecule has 1 atom stereocenters. The first-order chi connectivity index (χ1) is 13.4. The lowest BCUT2D eigenvalue weighted by Crippen LogP contribution is -2.43. The van der Waals surface area contributed by atoms with Gasteiger partial charge in [0.2, 0.25) is 5.91 Å². The van der Waals surface area contributed by atoms with E-state index in [4.69, 9.17) is 9.47 Å². The van der Waals surface area contributed by atoms with Gasteiger partial charge in [-0.1, -0.05) is 18.2 Å². The second-order valence-corrected chi connectivity index (χ2v) is 5.95. The first kappa shape index (κ1) is 20.8. The Kier molecular flexibility index (Phi) is 7.38. The van der Waals surface area contributed by atoms with Crippen molar-refractivity contribution in [2.45, 2.75) is 19.4 Å². The van der Waals surface area contributed by atoms with Crippen LogP contribution in [0, 0.1) is 0 Å². The lowest BCUT2D eigenvalue weighted by molar-refractivity contribution is -0.128. The van der Waals surface area contributed by atoms with Crippen molar-refractivity contribution in [3.8, 4) is 17.2 Å². The first-order valence-electron chi connectivity index (χ1n) is 8.55. The highest BCUT2D eigenvalue weighted by Crippen LogP contribution is 2.27. The largest absolute Gasteiger partial charge is 0.504 e. The average molecular weight is 385 g/mol. The Bertz CT molecular complexity index is 849. The molecule has 0 fully saturated rings. The number of hydrazone groups is 1. The van der Waals surface area contributed by atoms with Gasteiger partial charge in [-0.05, 0) is 36.8 Å². The molecule has 3 N–H and O–H groups in total. The standard InChI is InChI=1S/C20H23N3O5/c1-13(22-18(24)11-14-7-9-16(27-2)10-8-14)20(26)23-21-12-15-5-4-6-17(28-3)19(15)25/h4-10,12-13,25H,11H2,1-3H3,(H,22,24)(H,23,26). The first-order valence-corrected chi connectivity index (χ1v) is 8.55. The zero-order valence-electron chi connectivity index (χ0n) is 15.9. The Balaban J connectivity index is 1.85. The van der Waals surface area contributed by atoms with E-state index in [1.54, 1.807) is 56.5 Å². The minimum Gasteiger partial charge on any atom is -0.504 e. The van der Waals surface area contributed by atoms with Gasteiger partial charge in [0.1, 0.15) is 11.8 Å². The number of benzene rings is 2. The van der Waals surface area contributed by atoms with Crippen molar-refractivity contribution >= 4 is 18.0 Å². The molecule has 0 aliphatic carbocycles. The quantitative estimate of drug-likeness (QED) is 0.472. The summed E-state index contributed by atoms with van der Waals surface area (Å²) in [6.07, 6.45) is 1.43. The summed E-state index contributed by atoms with van der Waals surface area (Å²) in [5.41, 5.74) is 3.52. The fourth-order valence-corrected chi connectivity index (χ4v) is 2.36. The van der Waals surface area contributed by atoms with E-state index < -0.39 is 11.9 Å². The monoisotopic (exact) mass is 385 g/mol. The van der Waals surface area contributed by atoms with Crippen LogP contribution in [0.1, 0.15) is 18.1 Å². The molecule has 0 radical (unpaired) electrons. The number of hydrogen-bond donors (Lipinski definition) is 3. The van der Waals surface area contributed by atoms with Crippen LogP contribution in [-0.2, 0) is 16.0 Å². The van der Waals surface area contributed by atoms with E-state index in [0.717, 1.165) is 5.56 Å². The highest BCUT2D eigenvalue weighted by atomic mass is 16.5. The summed E-state index contributed by atoms with van der Waals surface area (Å²) >= 11 is 0. The normalized spacial score (nSPS) is 11.7. The van der Waals surface area contributed by atoms with E-state index in [-0.39, 0.29) is 18.1 Å². The molecule has 0 aliphatic heterocycles. The number of rotatable bonds is 8. The summed E-state index contributed by atoms with van der Waals surface area (Å²) in [6, 6.07) is 11.2. The Morgan fingerprint density at radius 2 is 1.86 bits per heavy atom. The molecule has 0 heterocycles. The van der Waals surface area contributed by atoms with Gasteiger partial charge in [0, 0.05) is 5.56 Å². The van der Waals surface area contributed by atoms with Gasteiger partial charge in [-0.3, -0.25) is 9.59 Å². The zero-order valence-corrected chi connectivity index (χ0v) is 15.9. The average Bonchev–Trinajstić information content (AvgIpc) is 2.69. The molecule has 0 spiro atoms. The number of carbonyl (C=O) groups excluding carboxylic acids is 2. The van der Waals surface area contributed by atoms with Gasteiger partial charge >= 0.3 is 0 Å². The van der Waals surface area contributed by atoms with Crippen LogP contribution in [0.3, 0.4) is 0 Å². The lowest BCUT2D eigenvalue weighted by Gasteiger charge is -2.12. The second-order valence-electron chi connectivity index (χ2n) is 5.95. The van der Waals surface area contributed by atoms with Crippen LogP contribution in [0.2, 0.25) is 0 Å². The number of carbonyl (C=O) groups is 2. The summed E-state index contributed by atoms with van der Waals surface area (Å²) < 4.78 is 10.1. The molecule has 0 saturated carbocycles. The van der Waals surface area contributed by atoms with Crippen molar-refractivity contribution in [2.24, 2.45) is 5.10 Å². The Labute approximate surface area is 163 Å². The van der Waals surface area contributed by atoms with E-state index >= 15 is 0 Å². The Morgan fingerprint density at radius 3 is 2.50 bits per heavy atom. The van der Waals surface area contributed by atoms with Gasteiger partial charge < -0.3 is 19.9 Å². The maximum Gasteiger partial charge on any atom is 0.262 e. The second kappa shape index (κ2) is 9.96. The topological polar surface area (TPSA) is 109 Å². The number of ether oxygens (including phenoxy) is 2. The maximum atomic E-state index is 12.1.